The van der Waals surface area contributed by atoms with Gasteiger partial charge in [0.25, 0.3) is 5.97 Å². The first kappa shape index (κ1) is 12.1. The van der Waals surface area contributed by atoms with Crippen molar-refractivity contribution in [1.82, 2.24) is 4.98 Å². The number of rotatable bonds is 2. The van der Waals surface area contributed by atoms with Crippen molar-refractivity contribution in [2.45, 2.75) is 20.3 Å². The van der Waals surface area contributed by atoms with Crippen LogP contribution < -0.4 is 0 Å². The predicted octanol–water partition coefficient (Wildman–Crippen LogP) is 1.08. The third-order valence-corrected chi connectivity index (χ3v) is 1.99. The van der Waals surface area contributed by atoms with E-state index in [2.05, 4.69) is 4.98 Å². The van der Waals surface area contributed by atoms with E-state index in [1.54, 1.807) is 16.8 Å². The van der Waals surface area contributed by atoms with Crippen LogP contribution in [-0.4, -0.2) is 27.8 Å². The Kier molecular flexibility index (Phi) is 6.09. The molecule has 0 unspecified atom stereocenters. The summed E-state index contributed by atoms with van der Waals surface area (Å²) in [6.45, 7) is 3.30. The Morgan fingerprint density at radius 1 is 1.69 bits per heavy atom. The molecule has 5 heteroatoms. The Morgan fingerprint density at radius 2 is 2.23 bits per heavy atom. The van der Waals surface area contributed by atoms with Crippen LogP contribution in [0.1, 0.15) is 17.5 Å². The number of thiazole rings is 1. The van der Waals surface area contributed by atoms with Crippen LogP contribution in [0.3, 0.4) is 0 Å². The first-order chi connectivity index (χ1) is 6.07. The Hall–Kier alpha value is -0.940. The van der Waals surface area contributed by atoms with Gasteiger partial charge in [-0.2, -0.15) is 0 Å². The molecule has 74 valence electrons. The molecule has 0 aromatic carbocycles. The van der Waals surface area contributed by atoms with Crippen LogP contribution in [0.4, 0.5) is 0 Å². The summed E-state index contributed by atoms with van der Waals surface area (Å²) in [7, 11) is 0. The van der Waals surface area contributed by atoms with Crippen LogP contribution in [0.5, 0.6) is 0 Å². The SMILES string of the molecule is CC(=O)O.Cc1scnc1CCO. The predicted molar refractivity (Wildman–Crippen MR) is 51.0 cm³/mol. The van der Waals surface area contributed by atoms with Gasteiger partial charge in [-0.05, 0) is 6.92 Å². The lowest BCUT2D eigenvalue weighted by Crippen LogP contribution is -1.91. The molecule has 1 aromatic heterocycles. The molecule has 0 aliphatic rings. The third kappa shape index (κ3) is 6.24. The Bertz CT molecular complexity index is 256. The van der Waals surface area contributed by atoms with E-state index in [4.69, 9.17) is 15.0 Å². The highest BCUT2D eigenvalue weighted by Gasteiger charge is 1.97. The van der Waals surface area contributed by atoms with Gasteiger partial charge in [-0.1, -0.05) is 0 Å². The largest absolute Gasteiger partial charge is 0.481 e. The number of aryl methyl sites for hydroxylation is 1. The van der Waals surface area contributed by atoms with E-state index in [1.807, 2.05) is 6.92 Å². The monoisotopic (exact) mass is 203 g/mol. The number of hydrogen-bond acceptors (Lipinski definition) is 4. The quantitative estimate of drug-likeness (QED) is 0.754. The summed E-state index contributed by atoms with van der Waals surface area (Å²) in [6, 6.07) is 0. The summed E-state index contributed by atoms with van der Waals surface area (Å²) in [5, 5.41) is 15.9. The maximum atomic E-state index is 9.00. The number of hydrogen-bond donors (Lipinski definition) is 2. The minimum Gasteiger partial charge on any atom is -0.481 e. The van der Waals surface area contributed by atoms with Gasteiger partial charge < -0.3 is 10.2 Å². The summed E-state index contributed by atoms with van der Waals surface area (Å²) < 4.78 is 0. The van der Waals surface area contributed by atoms with Gasteiger partial charge in [0.15, 0.2) is 0 Å². The lowest BCUT2D eigenvalue weighted by Gasteiger charge is -1.90. The van der Waals surface area contributed by atoms with Crippen LogP contribution in [0, 0.1) is 6.92 Å². The van der Waals surface area contributed by atoms with Gasteiger partial charge in [-0.3, -0.25) is 4.79 Å². The highest BCUT2D eigenvalue weighted by Crippen LogP contribution is 2.10. The van der Waals surface area contributed by atoms with Crippen molar-refractivity contribution in [2.75, 3.05) is 6.61 Å². The topological polar surface area (TPSA) is 70.4 Å². The van der Waals surface area contributed by atoms with Gasteiger partial charge in [-0.15, -0.1) is 11.3 Å². The number of carbonyl (C=O) groups is 1. The smallest absolute Gasteiger partial charge is 0.300 e. The first-order valence-electron chi connectivity index (χ1n) is 3.77. The molecular formula is C8H13NO3S. The van der Waals surface area contributed by atoms with Crippen molar-refractivity contribution < 1.29 is 15.0 Å². The molecule has 0 aliphatic heterocycles. The van der Waals surface area contributed by atoms with Gasteiger partial charge in [-0.25, -0.2) is 4.98 Å². The van der Waals surface area contributed by atoms with Crippen molar-refractivity contribution >= 4 is 17.3 Å². The van der Waals surface area contributed by atoms with Crippen LogP contribution in [-0.2, 0) is 11.2 Å². The molecule has 1 heterocycles. The van der Waals surface area contributed by atoms with Crippen LogP contribution in [0.2, 0.25) is 0 Å². The van der Waals surface area contributed by atoms with Crippen LogP contribution >= 0.6 is 11.3 Å². The zero-order valence-corrected chi connectivity index (χ0v) is 8.47. The second-order valence-corrected chi connectivity index (χ2v) is 3.41. The molecule has 0 aliphatic carbocycles. The number of aliphatic carboxylic acids is 1. The Balaban J connectivity index is 0.000000310. The minimum absolute atomic E-state index is 0.199. The molecule has 0 radical (unpaired) electrons. The lowest BCUT2D eigenvalue weighted by atomic mass is 10.3. The molecule has 1 aromatic rings. The van der Waals surface area contributed by atoms with E-state index in [1.165, 1.54) is 4.88 Å². The number of aliphatic hydroxyl groups excluding tert-OH is 1. The maximum absolute atomic E-state index is 9.00. The van der Waals surface area contributed by atoms with E-state index in [0.29, 0.717) is 6.42 Å². The molecule has 0 amide bonds. The fraction of sp³-hybridized carbons (Fsp3) is 0.500. The third-order valence-electron chi connectivity index (χ3n) is 1.19. The van der Waals surface area contributed by atoms with Gasteiger partial charge in [0.1, 0.15) is 0 Å². The van der Waals surface area contributed by atoms with Crippen molar-refractivity contribution in [1.29, 1.82) is 0 Å². The van der Waals surface area contributed by atoms with Gasteiger partial charge in [0, 0.05) is 24.8 Å². The Morgan fingerprint density at radius 3 is 2.54 bits per heavy atom. The molecule has 0 bridgehead atoms. The molecular weight excluding hydrogens is 190 g/mol. The highest BCUT2D eigenvalue weighted by molar-refractivity contribution is 7.09. The number of aliphatic hydroxyl groups is 1. The molecule has 2 N–H and O–H groups in total. The van der Waals surface area contributed by atoms with Crippen LogP contribution in [0.15, 0.2) is 5.51 Å². The zero-order valence-electron chi connectivity index (χ0n) is 7.65. The number of carboxylic acid groups (broad SMARTS) is 1. The highest BCUT2D eigenvalue weighted by atomic mass is 32.1. The average Bonchev–Trinajstić information content (AvgIpc) is 2.36. The number of nitrogens with zero attached hydrogens (tertiary/aromatic N) is 1. The number of carboxylic acids is 1. The molecule has 4 nitrogen and oxygen atoms in total. The standard InChI is InChI=1S/C6H9NOS.C2H4O2/c1-5-6(2-3-8)7-4-9-5;1-2(3)4/h4,8H,2-3H2,1H3;1H3,(H,3,4). The van der Waals surface area contributed by atoms with E-state index in [0.717, 1.165) is 12.6 Å². The molecule has 0 atom stereocenters. The normalized spacial score (nSPS) is 8.85. The fourth-order valence-corrected chi connectivity index (χ4v) is 1.30. The fourth-order valence-electron chi connectivity index (χ4n) is 0.674. The summed E-state index contributed by atoms with van der Waals surface area (Å²) in [4.78, 5) is 14.3. The molecule has 0 spiro atoms. The Labute approximate surface area is 80.9 Å². The average molecular weight is 203 g/mol. The zero-order chi connectivity index (χ0) is 10.3. The van der Waals surface area contributed by atoms with Crippen molar-refractivity contribution in [3.05, 3.63) is 16.1 Å². The lowest BCUT2D eigenvalue weighted by molar-refractivity contribution is -0.134. The maximum Gasteiger partial charge on any atom is 0.300 e. The molecule has 0 fully saturated rings. The van der Waals surface area contributed by atoms with Crippen molar-refractivity contribution in [3.8, 4) is 0 Å². The van der Waals surface area contributed by atoms with E-state index in [9.17, 15) is 0 Å². The summed E-state index contributed by atoms with van der Waals surface area (Å²) in [5.74, 6) is -0.833. The van der Waals surface area contributed by atoms with E-state index < -0.39 is 5.97 Å². The van der Waals surface area contributed by atoms with Gasteiger partial charge in [0.05, 0.1) is 11.2 Å². The molecule has 13 heavy (non-hydrogen) atoms. The second kappa shape index (κ2) is 6.56. The van der Waals surface area contributed by atoms with Crippen molar-refractivity contribution in [3.63, 3.8) is 0 Å². The summed E-state index contributed by atoms with van der Waals surface area (Å²) in [6.07, 6.45) is 0.690. The van der Waals surface area contributed by atoms with E-state index in [-0.39, 0.29) is 6.61 Å². The number of aromatic nitrogens is 1. The second-order valence-electron chi connectivity index (χ2n) is 2.35. The first-order valence-corrected chi connectivity index (χ1v) is 4.65. The van der Waals surface area contributed by atoms with Gasteiger partial charge >= 0.3 is 0 Å². The summed E-state index contributed by atoms with van der Waals surface area (Å²) in [5.41, 5.74) is 2.84. The molecule has 0 saturated carbocycles. The molecule has 0 saturated heterocycles. The summed E-state index contributed by atoms with van der Waals surface area (Å²) >= 11 is 1.62. The van der Waals surface area contributed by atoms with Crippen LogP contribution in [0.25, 0.3) is 0 Å². The van der Waals surface area contributed by atoms with Crippen molar-refractivity contribution in [2.24, 2.45) is 0 Å². The molecule has 1 rings (SSSR count). The minimum atomic E-state index is -0.833. The van der Waals surface area contributed by atoms with E-state index >= 15 is 0 Å². The van der Waals surface area contributed by atoms with Gasteiger partial charge in [0.2, 0.25) is 0 Å².